The van der Waals surface area contributed by atoms with E-state index in [4.69, 9.17) is 5.10 Å². The number of para-hydroxylation sites is 1. The highest BCUT2D eigenvalue weighted by Gasteiger charge is 2.46. The van der Waals surface area contributed by atoms with E-state index >= 15 is 0 Å². The third-order valence-electron chi connectivity index (χ3n) is 6.63. The van der Waals surface area contributed by atoms with Crippen LogP contribution in [0.2, 0.25) is 0 Å². The van der Waals surface area contributed by atoms with Gasteiger partial charge in [0, 0.05) is 22.5 Å². The molecule has 38 heavy (non-hydrogen) atoms. The Bertz CT molecular complexity index is 1510. The first kappa shape index (κ1) is 25.7. The predicted octanol–water partition coefficient (Wildman–Crippen LogP) is 5.87. The van der Waals surface area contributed by atoms with Crippen LogP contribution in [0.4, 0.5) is 19.0 Å². The average molecular weight is 539 g/mol. The smallest absolute Gasteiger partial charge is 0.339 e. The molecule has 196 valence electrons. The number of nitrogens with one attached hydrogen (secondary N) is 1. The van der Waals surface area contributed by atoms with Gasteiger partial charge >= 0.3 is 6.18 Å². The molecule has 0 radical (unpaired) electrons. The van der Waals surface area contributed by atoms with Crippen LogP contribution in [0, 0.1) is 13.8 Å². The summed E-state index contributed by atoms with van der Waals surface area (Å²) in [6.45, 7) is 5.96. The number of benzene rings is 2. The molecular weight excluding hydrogens is 513 g/mol. The number of aromatic nitrogens is 2. The highest BCUT2D eigenvalue weighted by Crippen LogP contribution is 2.45. The van der Waals surface area contributed by atoms with Crippen molar-refractivity contribution in [2.75, 3.05) is 11.4 Å². The number of halogens is 3. The Kier molecular flexibility index (Phi) is 6.60. The molecule has 1 aliphatic rings. The molecular formula is C28H25F3N4O2S. The third-order valence-corrected chi connectivity index (χ3v) is 7.76. The van der Waals surface area contributed by atoms with Gasteiger partial charge in [-0.3, -0.25) is 14.5 Å². The van der Waals surface area contributed by atoms with Crippen molar-refractivity contribution in [3.63, 3.8) is 0 Å². The topological polar surface area (TPSA) is 67.2 Å². The summed E-state index contributed by atoms with van der Waals surface area (Å²) in [7, 11) is 0. The first-order valence-electron chi connectivity index (χ1n) is 12.1. The van der Waals surface area contributed by atoms with Crippen LogP contribution < -0.4 is 10.2 Å². The molecule has 0 bridgehead atoms. The second-order valence-electron chi connectivity index (χ2n) is 9.19. The molecule has 0 aliphatic carbocycles. The zero-order chi connectivity index (χ0) is 27.2. The van der Waals surface area contributed by atoms with Crippen LogP contribution in [-0.4, -0.2) is 34.2 Å². The van der Waals surface area contributed by atoms with Gasteiger partial charge in [0.1, 0.15) is 11.9 Å². The molecule has 0 saturated carbocycles. The Hall–Kier alpha value is -3.92. The molecule has 4 aromatic rings. The van der Waals surface area contributed by atoms with Crippen molar-refractivity contribution < 1.29 is 22.8 Å². The Morgan fingerprint density at radius 2 is 1.82 bits per heavy atom. The second kappa shape index (κ2) is 9.75. The van der Waals surface area contributed by atoms with Crippen LogP contribution in [0.3, 0.4) is 0 Å². The SMILES string of the molecule is CCN1C(=O)C(NC(=O)c2cccc(C(F)(F)F)c2)C(c2cc(C)cs2)c2c(C)nn(-c3ccccc3)c21. The van der Waals surface area contributed by atoms with Crippen LogP contribution in [-0.2, 0) is 11.0 Å². The van der Waals surface area contributed by atoms with E-state index < -0.39 is 29.6 Å². The monoisotopic (exact) mass is 538 g/mol. The first-order valence-corrected chi connectivity index (χ1v) is 13.0. The van der Waals surface area contributed by atoms with E-state index in [1.807, 2.05) is 62.5 Å². The largest absolute Gasteiger partial charge is 0.416 e. The maximum absolute atomic E-state index is 14.0. The number of hydrogen-bond acceptors (Lipinski definition) is 4. The van der Waals surface area contributed by atoms with E-state index in [0.717, 1.165) is 33.8 Å². The van der Waals surface area contributed by atoms with Crippen LogP contribution in [0.25, 0.3) is 5.69 Å². The summed E-state index contributed by atoms with van der Waals surface area (Å²) in [6.07, 6.45) is -4.59. The molecule has 2 unspecified atom stereocenters. The van der Waals surface area contributed by atoms with E-state index in [9.17, 15) is 22.8 Å². The lowest BCUT2D eigenvalue weighted by molar-refractivity contribution is -0.137. The maximum atomic E-state index is 14.0. The van der Waals surface area contributed by atoms with Gasteiger partial charge in [-0.15, -0.1) is 11.3 Å². The van der Waals surface area contributed by atoms with Crippen molar-refractivity contribution in [2.45, 2.75) is 38.9 Å². The fraction of sp³-hybridized carbons (Fsp3) is 0.250. The normalized spacial score (nSPS) is 17.4. The van der Waals surface area contributed by atoms with Gasteiger partial charge in [-0.2, -0.15) is 18.3 Å². The van der Waals surface area contributed by atoms with Gasteiger partial charge in [0.25, 0.3) is 11.8 Å². The number of nitrogens with zero attached hydrogens (tertiary/aromatic N) is 3. The molecule has 2 atom stereocenters. The molecule has 2 aromatic carbocycles. The lowest BCUT2D eigenvalue weighted by Gasteiger charge is -2.38. The summed E-state index contributed by atoms with van der Waals surface area (Å²) in [5.41, 5.74) is 2.20. The molecule has 3 heterocycles. The average Bonchev–Trinajstić information content (AvgIpc) is 3.48. The molecule has 2 aromatic heterocycles. The minimum Gasteiger partial charge on any atom is -0.339 e. The summed E-state index contributed by atoms with van der Waals surface area (Å²) >= 11 is 1.47. The second-order valence-corrected chi connectivity index (χ2v) is 10.1. The molecule has 1 N–H and O–H groups in total. The summed E-state index contributed by atoms with van der Waals surface area (Å²) < 4.78 is 41.6. The lowest BCUT2D eigenvalue weighted by atomic mass is 9.84. The number of fused-ring (bicyclic) bond motifs is 1. The van der Waals surface area contributed by atoms with E-state index in [1.54, 1.807) is 9.58 Å². The Morgan fingerprint density at radius 3 is 2.45 bits per heavy atom. The molecule has 6 nitrogen and oxygen atoms in total. The number of thiophene rings is 1. The summed E-state index contributed by atoms with van der Waals surface area (Å²) in [6, 6.07) is 14.6. The van der Waals surface area contributed by atoms with Crippen LogP contribution in [0.5, 0.6) is 0 Å². The highest BCUT2D eigenvalue weighted by atomic mass is 32.1. The van der Waals surface area contributed by atoms with Crippen LogP contribution in [0.1, 0.15) is 50.5 Å². The Morgan fingerprint density at radius 1 is 1.08 bits per heavy atom. The summed E-state index contributed by atoms with van der Waals surface area (Å²) in [5, 5.41) is 9.52. The first-order chi connectivity index (χ1) is 18.1. The molecule has 5 rings (SSSR count). The quantitative estimate of drug-likeness (QED) is 0.346. The number of amides is 2. The van der Waals surface area contributed by atoms with Crippen molar-refractivity contribution in [2.24, 2.45) is 0 Å². The standard InChI is InChI=1S/C28H25F3N4O2S/c1-4-34-26-22(17(3)33-35(26)20-11-6-5-7-12-20)23(21-13-16(2)15-38-21)24(27(34)37)32-25(36)18-9-8-10-19(14-18)28(29,30)31/h5-15,23-24H,4H2,1-3H3,(H,32,36). The van der Waals surface area contributed by atoms with Crippen molar-refractivity contribution in [3.05, 3.63) is 98.9 Å². The van der Waals surface area contributed by atoms with Crippen molar-refractivity contribution in [1.82, 2.24) is 15.1 Å². The van der Waals surface area contributed by atoms with Gasteiger partial charge < -0.3 is 5.32 Å². The van der Waals surface area contributed by atoms with Gasteiger partial charge in [-0.25, -0.2) is 4.68 Å². The minimum absolute atomic E-state index is 0.167. The number of rotatable bonds is 5. The zero-order valence-corrected chi connectivity index (χ0v) is 21.7. The lowest BCUT2D eigenvalue weighted by Crippen LogP contribution is -2.55. The fourth-order valence-corrected chi connectivity index (χ4v) is 5.96. The molecule has 2 amide bonds. The highest BCUT2D eigenvalue weighted by molar-refractivity contribution is 7.10. The van der Waals surface area contributed by atoms with Crippen molar-refractivity contribution in [3.8, 4) is 5.69 Å². The summed E-state index contributed by atoms with van der Waals surface area (Å²) in [4.78, 5) is 29.7. The number of anilines is 1. The van der Waals surface area contributed by atoms with Gasteiger partial charge in [-0.05, 0) is 68.1 Å². The summed E-state index contributed by atoms with van der Waals surface area (Å²) in [5.74, 6) is -1.04. The number of alkyl halides is 3. The van der Waals surface area contributed by atoms with E-state index in [2.05, 4.69) is 5.32 Å². The van der Waals surface area contributed by atoms with Crippen molar-refractivity contribution >= 4 is 29.0 Å². The number of aryl methyl sites for hydroxylation is 2. The van der Waals surface area contributed by atoms with Gasteiger partial charge in [0.2, 0.25) is 0 Å². The van der Waals surface area contributed by atoms with E-state index in [1.165, 1.54) is 23.5 Å². The molecule has 0 spiro atoms. The predicted molar refractivity (Wildman–Crippen MR) is 140 cm³/mol. The van der Waals surface area contributed by atoms with E-state index in [0.29, 0.717) is 18.1 Å². The van der Waals surface area contributed by atoms with Crippen LogP contribution in [0.15, 0.2) is 66.0 Å². The third kappa shape index (κ3) is 4.49. The zero-order valence-electron chi connectivity index (χ0n) is 20.9. The Labute approximate surface area is 221 Å². The van der Waals surface area contributed by atoms with Crippen LogP contribution >= 0.6 is 11.3 Å². The minimum atomic E-state index is -4.59. The van der Waals surface area contributed by atoms with E-state index in [-0.39, 0.29) is 11.5 Å². The Balaban J connectivity index is 1.64. The number of carbonyl (C=O) groups is 2. The molecule has 0 fully saturated rings. The van der Waals surface area contributed by atoms with Crippen molar-refractivity contribution in [1.29, 1.82) is 0 Å². The maximum Gasteiger partial charge on any atom is 0.416 e. The van der Waals surface area contributed by atoms with Gasteiger partial charge in [0.15, 0.2) is 0 Å². The molecule has 0 saturated heterocycles. The number of likely N-dealkylation sites (N-methyl/N-ethyl adjacent to an activating group) is 1. The van der Waals surface area contributed by atoms with Gasteiger partial charge in [-0.1, -0.05) is 24.3 Å². The molecule has 1 aliphatic heterocycles. The number of hydrogen-bond donors (Lipinski definition) is 1. The molecule has 10 heteroatoms. The number of carbonyl (C=O) groups excluding carboxylic acids is 2. The fourth-order valence-electron chi connectivity index (χ4n) is 4.92. The van der Waals surface area contributed by atoms with Gasteiger partial charge in [0.05, 0.1) is 22.9 Å².